The number of rotatable bonds is 3. The van der Waals surface area contributed by atoms with Gasteiger partial charge in [0.2, 0.25) is 5.91 Å². The number of hydrogen-bond acceptors (Lipinski definition) is 3. The maximum atomic E-state index is 13.3. The third-order valence-electron chi connectivity index (χ3n) is 3.55. The summed E-state index contributed by atoms with van der Waals surface area (Å²) in [4.78, 5) is 12.0. The Morgan fingerprint density at radius 3 is 2.95 bits per heavy atom. The summed E-state index contributed by atoms with van der Waals surface area (Å²) in [5.41, 5.74) is 5.87. The molecule has 20 heavy (non-hydrogen) atoms. The first-order valence-corrected chi connectivity index (χ1v) is 6.81. The predicted molar refractivity (Wildman–Crippen MR) is 74.8 cm³/mol. The molecule has 3 N–H and O–H groups in total. The van der Waals surface area contributed by atoms with Crippen molar-refractivity contribution < 1.29 is 13.9 Å². The fourth-order valence-electron chi connectivity index (χ4n) is 2.38. The molecule has 0 spiro atoms. The molecule has 1 aliphatic rings. The summed E-state index contributed by atoms with van der Waals surface area (Å²) in [7, 11) is 0. The van der Waals surface area contributed by atoms with E-state index < -0.39 is 5.60 Å². The van der Waals surface area contributed by atoms with Crippen LogP contribution in [0.15, 0.2) is 18.2 Å². The Kier molecular flexibility index (Phi) is 3.99. The molecule has 1 aromatic carbocycles. The molecule has 0 radical (unpaired) electrons. The lowest BCUT2D eigenvalue weighted by Gasteiger charge is -2.38. The van der Waals surface area contributed by atoms with Gasteiger partial charge in [-0.25, -0.2) is 4.39 Å². The largest absolute Gasteiger partial charge is 0.487 e. The molecule has 0 bridgehead atoms. The first-order chi connectivity index (χ1) is 9.32. The number of fused-ring (bicyclic) bond motifs is 1. The number of hydrogen-bond donors (Lipinski definition) is 2. The van der Waals surface area contributed by atoms with Crippen LogP contribution in [0.5, 0.6) is 5.75 Å². The molecule has 1 aliphatic heterocycles. The van der Waals surface area contributed by atoms with Crippen LogP contribution in [0.2, 0.25) is 0 Å². The predicted octanol–water partition coefficient (Wildman–Crippen LogP) is 2.14. The fourth-order valence-corrected chi connectivity index (χ4v) is 2.38. The lowest BCUT2D eigenvalue weighted by Crippen LogP contribution is -2.43. The van der Waals surface area contributed by atoms with Gasteiger partial charge in [0.1, 0.15) is 17.2 Å². The van der Waals surface area contributed by atoms with Crippen molar-refractivity contribution in [2.24, 2.45) is 11.7 Å². The van der Waals surface area contributed by atoms with E-state index >= 15 is 0 Å². The normalized spacial score (nSPS) is 21.6. The van der Waals surface area contributed by atoms with Gasteiger partial charge in [0.15, 0.2) is 0 Å². The monoisotopic (exact) mass is 280 g/mol. The minimum absolute atomic E-state index is 0.0922. The van der Waals surface area contributed by atoms with Crippen LogP contribution in [0, 0.1) is 11.7 Å². The molecular weight excluding hydrogens is 259 g/mol. The van der Waals surface area contributed by atoms with Crippen molar-refractivity contribution in [3.63, 3.8) is 0 Å². The summed E-state index contributed by atoms with van der Waals surface area (Å²) >= 11 is 0. The molecule has 2 unspecified atom stereocenters. The molecule has 110 valence electrons. The molecule has 0 fully saturated rings. The third kappa shape index (κ3) is 3.10. The van der Waals surface area contributed by atoms with Crippen LogP contribution in [0.4, 0.5) is 4.39 Å². The molecule has 0 aliphatic carbocycles. The first kappa shape index (κ1) is 14.8. The van der Waals surface area contributed by atoms with E-state index in [2.05, 4.69) is 5.32 Å². The van der Waals surface area contributed by atoms with E-state index in [1.165, 1.54) is 12.1 Å². The van der Waals surface area contributed by atoms with Crippen molar-refractivity contribution >= 4 is 5.91 Å². The smallest absolute Gasteiger partial charge is 0.224 e. The second-order valence-electron chi connectivity index (χ2n) is 5.95. The van der Waals surface area contributed by atoms with Crippen molar-refractivity contribution in [1.82, 2.24) is 5.32 Å². The number of nitrogens with two attached hydrogens (primary N) is 1. The number of halogens is 1. The van der Waals surface area contributed by atoms with Gasteiger partial charge in [-0.2, -0.15) is 0 Å². The minimum Gasteiger partial charge on any atom is -0.487 e. The molecule has 2 rings (SSSR count). The van der Waals surface area contributed by atoms with E-state index in [0.29, 0.717) is 18.7 Å². The highest BCUT2D eigenvalue weighted by Gasteiger charge is 2.35. The van der Waals surface area contributed by atoms with Gasteiger partial charge >= 0.3 is 0 Å². The highest BCUT2D eigenvalue weighted by molar-refractivity contribution is 5.79. The van der Waals surface area contributed by atoms with Crippen LogP contribution in [0.25, 0.3) is 0 Å². The van der Waals surface area contributed by atoms with Crippen molar-refractivity contribution in [3.05, 3.63) is 29.6 Å². The van der Waals surface area contributed by atoms with E-state index in [-0.39, 0.29) is 23.7 Å². The Hall–Kier alpha value is -1.62. The summed E-state index contributed by atoms with van der Waals surface area (Å²) in [6, 6.07) is 4.22. The van der Waals surface area contributed by atoms with E-state index in [9.17, 15) is 9.18 Å². The molecule has 1 amide bonds. The molecule has 0 aromatic heterocycles. The maximum absolute atomic E-state index is 13.3. The summed E-state index contributed by atoms with van der Waals surface area (Å²) in [5.74, 6) is -0.191. The molecule has 4 nitrogen and oxygen atoms in total. The van der Waals surface area contributed by atoms with Crippen LogP contribution < -0.4 is 15.8 Å². The summed E-state index contributed by atoms with van der Waals surface area (Å²) in [5, 5.41) is 2.98. The van der Waals surface area contributed by atoms with Gasteiger partial charge in [-0.3, -0.25) is 4.79 Å². The van der Waals surface area contributed by atoms with E-state index in [4.69, 9.17) is 10.5 Å². The Bertz CT molecular complexity index is 517. The van der Waals surface area contributed by atoms with Crippen LogP contribution in [-0.2, 0) is 4.79 Å². The SMILES string of the molecule is CC(CN)C(=O)NC1CC(C)(C)Oc2cc(F)ccc21. The number of benzene rings is 1. The quantitative estimate of drug-likeness (QED) is 0.891. The van der Waals surface area contributed by atoms with Crippen LogP contribution in [0.3, 0.4) is 0 Å². The summed E-state index contributed by atoms with van der Waals surface area (Å²) in [6.45, 7) is 5.93. The second-order valence-corrected chi connectivity index (χ2v) is 5.95. The topological polar surface area (TPSA) is 64.4 Å². The van der Waals surface area contributed by atoms with Gasteiger partial charge in [-0.1, -0.05) is 13.0 Å². The molecule has 2 atom stereocenters. The number of ether oxygens (including phenoxy) is 1. The molecule has 0 saturated carbocycles. The number of carbonyl (C=O) groups is 1. The number of amides is 1. The van der Waals surface area contributed by atoms with Crippen molar-refractivity contribution in [2.75, 3.05) is 6.54 Å². The minimum atomic E-state index is -0.454. The standard InChI is InChI=1S/C15H21FN2O2/c1-9(8-17)14(19)18-12-7-15(2,3)20-13-6-10(16)4-5-11(12)13/h4-6,9,12H,7-8,17H2,1-3H3,(H,18,19). The van der Waals surface area contributed by atoms with Crippen LogP contribution in [-0.4, -0.2) is 18.1 Å². The molecular formula is C15H21FN2O2. The zero-order valence-corrected chi connectivity index (χ0v) is 12.1. The van der Waals surface area contributed by atoms with Gasteiger partial charge in [0.25, 0.3) is 0 Å². The van der Waals surface area contributed by atoms with Gasteiger partial charge in [-0.15, -0.1) is 0 Å². The van der Waals surface area contributed by atoms with E-state index in [1.54, 1.807) is 13.0 Å². The van der Waals surface area contributed by atoms with Crippen molar-refractivity contribution in [2.45, 2.75) is 38.8 Å². The zero-order chi connectivity index (χ0) is 14.9. The zero-order valence-electron chi connectivity index (χ0n) is 12.1. The Morgan fingerprint density at radius 2 is 2.30 bits per heavy atom. The average Bonchev–Trinajstić information content (AvgIpc) is 2.35. The lowest BCUT2D eigenvalue weighted by atomic mass is 9.89. The molecule has 1 aromatic rings. The Balaban J connectivity index is 2.28. The molecule has 5 heteroatoms. The Labute approximate surface area is 118 Å². The highest BCUT2D eigenvalue weighted by Crippen LogP contribution is 2.39. The van der Waals surface area contributed by atoms with Gasteiger partial charge in [0.05, 0.1) is 6.04 Å². The molecule has 0 saturated heterocycles. The number of carbonyl (C=O) groups excluding carboxylic acids is 1. The average molecular weight is 280 g/mol. The third-order valence-corrected chi connectivity index (χ3v) is 3.55. The van der Waals surface area contributed by atoms with Crippen LogP contribution >= 0.6 is 0 Å². The summed E-state index contributed by atoms with van der Waals surface area (Å²) in [6.07, 6.45) is 0.634. The van der Waals surface area contributed by atoms with E-state index in [1.807, 2.05) is 13.8 Å². The fraction of sp³-hybridized carbons (Fsp3) is 0.533. The molecule has 1 heterocycles. The number of nitrogens with one attached hydrogen (secondary N) is 1. The van der Waals surface area contributed by atoms with Crippen LogP contribution in [0.1, 0.15) is 38.8 Å². The lowest BCUT2D eigenvalue weighted by molar-refractivity contribution is -0.125. The summed E-state index contributed by atoms with van der Waals surface area (Å²) < 4.78 is 19.1. The Morgan fingerprint density at radius 1 is 1.60 bits per heavy atom. The highest BCUT2D eigenvalue weighted by atomic mass is 19.1. The maximum Gasteiger partial charge on any atom is 0.224 e. The van der Waals surface area contributed by atoms with Gasteiger partial charge in [0, 0.05) is 30.5 Å². The van der Waals surface area contributed by atoms with Crippen molar-refractivity contribution in [1.29, 1.82) is 0 Å². The van der Waals surface area contributed by atoms with E-state index in [0.717, 1.165) is 5.56 Å². The van der Waals surface area contributed by atoms with Gasteiger partial charge < -0.3 is 15.8 Å². The second kappa shape index (κ2) is 5.40. The van der Waals surface area contributed by atoms with Crippen molar-refractivity contribution in [3.8, 4) is 5.75 Å². The first-order valence-electron chi connectivity index (χ1n) is 6.81. The van der Waals surface area contributed by atoms with Gasteiger partial charge in [-0.05, 0) is 19.9 Å².